The van der Waals surface area contributed by atoms with Crippen molar-refractivity contribution in [2.75, 3.05) is 29.4 Å². The van der Waals surface area contributed by atoms with Crippen LogP contribution in [-0.2, 0) is 12.7 Å². The summed E-state index contributed by atoms with van der Waals surface area (Å²) in [5.74, 6) is 0.927. The lowest BCUT2D eigenvalue weighted by Gasteiger charge is -2.27. The third-order valence-corrected chi connectivity index (χ3v) is 7.00. The van der Waals surface area contributed by atoms with Gasteiger partial charge in [0.15, 0.2) is 0 Å². The first-order valence-corrected chi connectivity index (χ1v) is 12.4. The van der Waals surface area contributed by atoms with E-state index in [1.807, 2.05) is 12.1 Å². The maximum atomic E-state index is 13.5. The Hall–Kier alpha value is -3.26. The number of urea groups is 1. The molecule has 2 aliphatic heterocycles. The molecule has 2 aromatic carbocycles. The highest BCUT2D eigenvalue weighted by atomic mass is 35.5. The SMILES string of the molecule is O=C1N(Cc2ccc(N3CCCCC3)nc2)CC(c2cccc(C(F)(F)F)c2)N1c1ccc(Cl)cc1. The summed E-state index contributed by atoms with van der Waals surface area (Å²) in [6.07, 6.45) is 0.863. The Bertz CT molecular complexity index is 1210. The number of hydrogen-bond acceptors (Lipinski definition) is 3. The molecule has 3 aromatic rings. The number of aromatic nitrogens is 1. The van der Waals surface area contributed by atoms with Crippen molar-refractivity contribution in [3.05, 3.63) is 88.6 Å². The lowest BCUT2D eigenvalue weighted by atomic mass is 10.0. The third-order valence-electron chi connectivity index (χ3n) is 6.75. The Morgan fingerprint density at radius 1 is 0.972 bits per heavy atom. The van der Waals surface area contributed by atoms with Crippen LogP contribution in [0.1, 0.15) is 42.0 Å². The van der Waals surface area contributed by atoms with Crippen LogP contribution in [0.2, 0.25) is 5.02 Å². The molecular formula is C27H26ClF3N4O. The van der Waals surface area contributed by atoms with Crippen molar-refractivity contribution in [3.63, 3.8) is 0 Å². The molecule has 9 heteroatoms. The minimum atomic E-state index is -4.47. The number of amides is 2. The highest BCUT2D eigenvalue weighted by molar-refractivity contribution is 6.30. The summed E-state index contributed by atoms with van der Waals surface area (Å²) in [5.41, 5.74) is 1.13. The van der Waals surface area contributed by atoms with Crippen LogP contribution in [0.25, 0.3) is 0 Å². The molecule has 0 aliphatic carbocycles. The van der Waals surface area contributed by atoms with Crippen molar-refractivity contribution in [3.8, 4) is 0 Å². The van der Waals surface area contributed by atoms with Crippen molar-refractivity contribution in [2.24, 2.45) is 0 Å². The fourth-order valence-corrected chi connectivity index (χ4v) is 5.02. The van der Waals surface area contributed by atoms with Crippen molar-refractivity contribution in [1.29, 1.82) is 0 Å². The lowest BCUT2D eigenvalue weighted by molar-refractivity contribution is -0.137. The van der Waals surface area contributed by atoms with E-state index in [-0.39, 0.29) is 12.6 Å². The predicted octanol–water partition coefficient (Wildman–Crippen LogP) is 6.93. The zero-order chi connectivity index (χ0) is 25.3. The van der Waals surface area contributed by atoms with Gasteiger partial charge in [-0.3, -0.25) is 4.90 Å². The van der Waals surface area contributed by atoms with E-state index in [0.717, 1.165) is 49.4 Å². The van der Waals surface area contributed by atoms with Gasteiger partial charge in [0.05, 0.1) is 11.6 Å². The van der Waals surface area contributed by atoms with E-state index >= 15 is 0 Å². The third kappa shape index (κ3) is 5.14. The van der Waals surface area contributed by atoms with Gasteiger partial charge in [-0.1, -0.05) is 29.8 Å². The van der Waals surface area contributed by atoms with Crippen LogP contribution in [0.15, 0.2) is 66.9 Å². The van der Waals surface area contributed by atoms with Gasteiger partial charge in [-0.05, 0) is 72.9 Å². The molecule has 2 saturated heterocycles. The van der Waals surface area contributed by atoms with Crippen LogP contribution in [0.4, 0.5) is 29.5 Å². The summed E-state index contributed by atoms with van der Waals surface area (Å²) in [6, 6.07) is 15.0. The summed E-state index contributed by atoms with van der Waals surface area (Å²) >= 11 is 6.03. The number of carbonyl (C=O) groups is 1. The van der Waals surface area contributed by atoms with Crippen LogP contribution < -0.4 is 9.80 Å². The van der Waals surface area contributed by atoms with Crippen molar-refractivity contribution >= 4 is 29.1 Å². The van der Waals surface area contributed by atoms with E-state index in [4.69, 9.17) is 11.6 Å². The minimum absolute atomic E-state index is 0.247. The zero-order valence-corrected chi connectivity index (χ0v) is 20.3. The molecule has 2 amide bonds. The molecule has 0 spiro atoms. The van der Waals surface area contributed by atoms with E-state index in [0.29, 0.717) is 22.8 Å². The second-order valence-electron chi connectivity index (χ2n) is 9.22. The van der Waals surface area contributed by atoms with Crippen LogP contribution >= 0.6 is 11.6 Å². The smallest absolute Gasteiger partial charge is 0.357 e. The maximum absolute atomic E-state index is 13.5. The van der Waals surface area contributed by atoms with Gasteiger partial charge in [-0.2, -0.15) is 13.2 Å². The minimum Gasteiger partial charge on any atom is -0.357 e. The van der Waals surface area contributed by atoms with Gasteiger partial charge in [0.1, 0.15) is 5.82 Å². The van der Waals surface area contributed by atoms with E-state index in [1.54, 1.807) is 46.3 Å². The number of benzene rings is 2. The number of anilines is 2. The summed E-state index contributed by atoms with van der Waals surface area (Å²) in [6.45, 7) is 2.54. The molecule has 3 heterocycles. The van der Waals surface area contributed by atoms with E-state index < -0.39 is 17.8 Å². The van der Waals surface area contributed by atoms with Gasteiger partial charge in [-0.25, -0.2) is 9.78 Å². The molecule has 1 atom stereocenters. The maximum Gasteiger partial charge on any atom is 0.416 e. The lowest BCUT2D eigenvalue weighted by Crippen LogP contribution is -2.32. The first-order chi connectivity index (χ1) is 17.3. The van der Waals surface area contributed by atoms with Crippen LogP contribution in [0.5, 0.6) is 0 Å². The van der Waals surface area contributed by atoms with Gasteiger partial charge in [-0.15, -0.1) is 0 Å². The first-order valence-electron chi connectivity index (χ1n) is 12.0. The zero-order valence-electron chi connectivity index (χ0n) is 19.6. The Morgan fingerprint density at radius 2 is 1.72 bits per heavy atom. The average molecular weight is 515 g/mol. The predicted molar refractivity (Wildman–Crippen MR) is 134 cm³/mol. The van der Waals surface area contributed by atoms with Gasteiger partial charge < -0.3 is 9.80 Å². The highest BCUT2D eigenvalue weighted by Gasteiger charge is 2.40. The van der Waals surface area contributed by atoms with E-state index in [1.165, 1.54) is 12.5 Å². The topological polar surface area (TPSA) is 39.7 Å². The molecule has 0 saturated carbocycles. The number of hydrogen-bond donors (Lipinski definition) is 0. The van der Waals surface area contributed by atoms with Crippen LogP contribution in [0, 0.1) is 0 Å². The van der Waals surface area contributed by atoms with Crippen LogP contribution in [-0.4, -0.2) is 35.5 Å². The standard InChI is InChI=1S/C27H26ClF3N4O/c28-22-8-10-23(11-9-22)35-24(20-5-4-6-21(15-20)27(29,30)31)18-34(26(35)36)17-19-7-12-25(32-16-19)33-13-2-1-3-14-33/h4-12,15-16,24H,1-3,13-14,17-18H2. The molecule has 5 nitrogen and oxygen atoms in total. The van der Waals surface area contributed by atoms with E-state index in [9.17, 15) is 18.0 Å². The number of rotatable bonds is 5. The second kappa shape index (κ2) is 10.0. The summed E-state index contributed by atoms with van der Waals surface area (Å²) < 4.78 is 40.2. The Labute approximate surface area is 213 Å². The number of halogens is 4. The van der Waals surface area contributed by atoms with Crippen molar-refractivity contribution < 1.29 is 18.0 Å². The Balaban J connectivity index is 1.41. The molecule has 5 rings (SSSR count). The van der Waals surface area contributed by atoms with Gasteiger partial charge in [0.2, 0.25) is 0 Å². The molecule has 0 radical (unpaired) electrons. The largest absolute Gasteiger partial charge is 0.416 e. The summed E-state index contributed by atoms with van der Waals surface area (Å²) in [7, 11) is 0. The van der Waals surface area contributed by atoms with Crippen LogP contribution in [0.3, 0.4) is 0 Å². The van der Waals surface area contributed by atoms with Gasteiger partial charge in [0, 0.05) is 43.1 Å². The fourth-order valence-electron chi connectivity index (χ4n) is 4.90. The average Bonchev–Trinajstić information content (AvgIpc) is 3.21. The number of carbonyl (C=O) groups excluding carboxylic acids is 1. The molecule has 36 heavy (non-hydrogen) atoms. The quantitative estimate of drug-likeness (QED) is 0.371. The number of nitrogens with zero attached hydrogens (tertiary/aromatic N) is 4. The Morgan fingerprint density at radius 3 is 2.39 bits per heavy atom. The molecular weight excluding hydrogens is 489 g/mol. The highest BCUT2D eigenvalue weighted by Crippen LogP contribution is 2.38. The summed E-state index contributed by atoms with van der Waals surface area (Å²) in [5, 5.41) is 0.512. The van der Waals surface area contributed by atoms with Crippen molar-refractivity contribution in [1.82, 2.24) is 9.88 Å². The van der Waals surface area contributed by atoms with Crippen molar-refractivity contribution in [2.45, 2.75) is 38.0 Å². The van der Waals surface area contributed by atoms with Gasteiger partial charge >= 0.3 is 12.2 Å². The second-order valence-corrected chi connectivity index (χ2v) is 9.66. The molecule has 0 N–H and O–H groups in total. The molecule has 1 aromatic heterocycles. The molecule has 0 bridgehead atoms. The molecule has 2 fully saturated rings. The number of pyridine rings is 1. The normalized spacial score (nSPS) is 18.7. The monoisotopic (exact) mass is 514 g/mol. The number of piperidine rings is 1. The van der Waals surface area contributed by atoms with Gasteiger partial charge in [0.25, 0.3) is 0 Å². The van der Waals surface area contributed by atoms with E-state index in [2.05, 4.69) is 9.88 Å². The fraction of sp³-hybridized carbons (Fsp3) is 0.333. The molecule has 1 unspecified atom stereocenters. The summed E-state index contributed by atoms with van der Waals surface area (Å²) in [4.78, 5) is 23.6. The Kier molecular flexibility index (Phi) is 6.79. The molecule has 188 valence electrons. The number of alkyl halides is 3. The molecule has 2 aliphatic rings. The first kappa shape index (κ1) is 24.4.